The predicted octanol–water partition coefficient (Wildman–Crippen LogP) is 2.27. The van der Waals surface area contributed by atoms with Crippen molar-refractivity contribution in [2.45, 2.75) is 18.9 Å². The van der Waals surface area contributed by atoms with Gasteiger partial charge < -0.3 is 10.1 Å². The number of benzene rings is 1. The molecule has 0 aliphatic carbocycles. The van der Waals surface area contributed by atoms with Gasteiger partial charge in [0.25, 0.3) is 0 Å². The van der Waals surface area contributed by atoms with Gasteiger partial charge in [-0.05, 0) is 44.1 Å². The van der Waals surface area contributed by atoms with E-state index >= 15 is 0 Å². The first kappa shape index (κ1) is 9.81. The van der Waals surface area contributed by atoms with Gasteiger partial charge >= 0.3 is 0 Å². The molecule has 1 radical (unpaired) electrons. The van der Waals surface area contributed by atoms with E-state index < -0.39 is 0 Å². The predicted molar refractivity (Wildman–Crippen MR) is 56.8 cm³/mol. The fourth-order valence-electron chi connectivity index (χ4n) is 1.57. The van der Waals surface area contributed by atoms with E-state index in [-0.39, 0.29) is 0 Å². The van der Waals surface area contributed by atoms with Crippen molar-refractivity contribution in [1.82, 2.24) is 5.32 Å². The van der Waals surface area contributed by atoms with Crippen molar-refractivity contribution in [3.8, 4) is 5.75 Å². The highest BCUT2D eigenvalue weighted by Crippen LogP contribution is 2.18. The van der Waals surface area contributed by atoms with Crippen LogP contribution in [0, 0.1) is 6.07 Å². The molecule has 14 heavy (non-hydrogen) atoms. The van der Waals surface area contributed by atoms with Gasteiger partial charge in [0.2, 0.25) is 0 Å². The minimum Gasteiger partial charge on any atom is -0.490 e. The fourth-order valence-corrected chi connectivity index (χ4v) is 1.69. The van der Waals surface area contributed by atoms with E-state index in [9.17, 15) is 0 Å². The van der Waals surface area contributed by atoms with Crippen LogP contribution in [0.25, 0.3) is 0 Å². The third-order valence-corrected chi connectivity index (χ3v) is 2.57. The van der Waals surface area contributed by atoms with E-state index in [0.29, 0.717) is 11.1 Å². The molecule has 1 aliphatic rings. The smallest absolute Gasteiger partial charge is 0.120 e. The first-order valence-electron chi connectivity index (χ1n) is 4.89. The molecule has 0 atom stereocenters. The van der Waals surface area contributed by atoms with Crippen LogP contribution in [0.4, 0.5) is 0 Å². The van der Waals surface area contributed by atoms with E-state index in [0.717, 1.165) is 31.7 Å². The van der Waals surface area contributed by atoms with Crippen LogP contribution in [0.15, 0.2) is 18.2 Å². The van der Waals surface area contributed by atoms with Gasteiger partial charge in [-0.2, -0.15) is 0 Å². The van der Waals surface area contributed by atoms with Crippen molar-refractivity contribution in [2.75, 3.05) is 13.1 Å². The number of halogens is 1. The molecule has 2 rings (SSSR count). The molecule has 0 amide bonds. The number of ether oxygens (including phenoxy) is 1. The molecular weight excluding hydrogens is 198 g/mol. The van der Waals surface area contributed by atoms with Crippen molar-refractivity contribution in [2.24, 2.45) is 0 Å². The van der Waals surface area contributed by atoms with Crippen molar-refractivity contribution in [1.29, 1.82) is 0 Å². The molecule has 3 heteroatoms. The molecule has 0 saturated carbocycles. The second-order valence-electron chi connectivity index (χ2n) is 3.44. The average Bonchev–Trinajstić information content (AvgIpc) is 2.23. The van der Waals surface area contributed by atoms with Crippen molar-refractivity contribution in [3.05, 3.63) is 29.3 Å². The normalized spacial score (nSPS) is 18.1. The third kappa shape index (κ3) is 2.63. The lowest BCUT2D eigenvalue weighted by Crippen LogP contribution is -2.34. The Morgan fingerprint density at radius 1 is 1.36 bits per heavy atom. The van der Waals surface area contributed by atoms with Crippen LogP contribution >= 0.6 is 11.6 Å². The molecule has 0 aromatic heterocycles. The first-order chi connectivity index (χ1) is 6.84. The minimum atomic E-state index is 0.339. The summed E-state index contributed by atoms with van der Waals surface area (Å²) in [5, 5.41) is 3.93. The Balaban J connectivity index is 1.92. The van der Waals surface area contributed by atoms with Crippen molar-refractivity contribution in [3.63, 3.8) is 0 Å². The topological polar surface area (TPSA) is 21.3 Å². The van der Waals surface area contributed by atoms with Gasteiger partial charge in [0, 0.05) is 11.1 Å². The zero-order chi connectivity index (χ0) is 9.80. The molecule has 2 nitrogen and oxygen atoms in total. The maximum atomic E-state index is 5.78. The van der Waals surface area contributed by atoms with E-state index in [1.807, 2.05) is 6.07 Å². The van der Waals surface area contributed by atoms with Gasteiger partial charge in [-0.1, -0.05) is 11.6 Å². The van der Waals surface area contributed by atoms with E-state index in [2.05, 4.69) is 11.4 Å². The zero-order valence-electron chi connectivity index (χ0n) is 7.92. The monoisotopic (exact) mass is 210 g/mol. The summed E-state index contributed by atoms with van der Waals surface area (Å²) in [6.45, 7) is 2.09. The zero-order valence-corrected chi connectivity index (χ0v) is 8.68. The molecule has 0 bridgehead atoms. The summed E-state index contributed by atoms with van der Waals surface area (Å²) in [6, 6.07) is 8.40. The standard InChI is InChI=1S/C11H13ClNO/c12-9-1-3-10(4-2-9)14-11-5-7-13-8-6-11/h1,3-4,11,13H,5-8H2. The lowest BCUT2D eigenvalue weighted by Gasteiger charge is -2.23. The largest absolute Gasteiger partial charge is 0.490 e. The third-order valence-electron chi connectivity index (χ3n) is 2.34. The summed E-state index contributed by atoms with van der Waals surface area (Å²) < 4.78 is 5.78. The number of hydrogen-bond donors (Lipinski definition) is 1. The Labute approximate surface area is 89.2 Å². The molecule has 1 N–H and O–H groups in total. The highest BCUT2D eigenvalue weighted by atomic mass is 35.5. The first-order valence-corrected chi connectivity index (χ1v) is 5.27. The number of nitrogens with one attached hydrogen (secondary N) is 1. The van der Waals surface area contributed by atoms with E-state index in [4.69, 9.17) is 16.3 Å². The summed E-state index contributed by atoms with van der Waals surface area (Å²) in [5.41, 5.74) is 0. The quantitative estimate of drug-likeness (QED) is 0.809. The molecule has 1 saturated heterocycles. The average molecular weight is 211 g/mol. The van der Waals surface area contributed by atoms with Crippen LogP contribution < -0.4 is 10.1 Å². The van der Waals surface area contributed by atoms with Crippen LogP contribution in [0.2, 0.25) is 5.02 Å². The summed E-state index contributed by atoms with van der Waals surface area (Å²) in [7, 11) is 0. The van der Waals surface area contributed by atoms with Gasteiger partial charge in [0.05, 0.1) is 0 Å². The fraction of sp³-hybridized carbons (Fsp3) is 0.455. The Morgan fingerprint density at radius 2 is 2.14 bits per heavy atom. The highest BCUT2D eigenvalue weighted by Gasteiger charge is 2.13. The second kappa shape index (κ2) is 4.67. The molecule has 1 aliphatic heterocycles. The van der Waals surface area contributed by atoms with Gasteiger partial charge in [-0.25, -0.2) is 0 Å². The van der Waals surface area contributed by atoms with Gasteiger partial charge in [0.15, 0.2) is 0 Å². The number of piperidine rings is 1. The molecule has 0 unspecified atom stereocenters. The minimum absolute atomic E-state index is 0.339. The summed E-state index contributed by atoms with van der Waals surface area (Å²) in [5.74, 6) is 0.862. The molecule has 1 aromatic rings. The highest BCUT2D eigenvalue weighted by molar-refractivity contribution is 6.30. The molecule has 1 aromatic carbocycles. The van der Waals surface area contributed by atoms with Crippen molar-refractivity contribution < 1.29 is 4.74 Å². The second-order valence-corrected chi connectivity index (χ2v) is 3.85. The molecule has 1 heterocycles. The van der Waals surface area contributed by atoms with E-state index in [1.165, 1.54) is 0 Å². The Bertz CT molecular complexity index is 280. The van der Waals surface area contributed by atoms with Crippen LogP contribution in [-0.2, 0) is 0 Å². The van der Waals surface area contributed by atoms with Gasteiger partial charge in [-0.3, -0.25) is 0 Å². The summed E-state index contributed by atoms with van der Waals surface area (Å²) in [6.07, 6.45) is 2.48. The maximum absolute atomic E-state index is 5.78. The Kier molecular flexibility index (Phi) is 3.27. The number of hydrogen-bond acceptors (Lipinski definition) is 2. The van der Waals surface area contributed by atoms with Gasteiger partial charge in [-0.15, -0.1) is 0 Å². The van der Waals surface area contributed by atoms with Crippen LogP contribution in [0.3, 0.4) is 0 Å². The van der Waals surface area contributed by atoms with Crippen LogP contribution in [-0.4, -0.2) is 19.2 Å². The Hall–Kier alpha value is -0.730. The van der Waals surface area contributed by atoms with Crippen LogP contribution in [0.1, 0.15) is 12.8 Å². The molecule has 1 fully saturated rings. The SMILES string of the molecule is Clc1[c]cc(OC2CCNCC2)cc1. The molecule has 0 spiro atoms. The number of rotatable bonds is 2. The van der Waals surface area contributed by atoms with Crippen molar-refractivity contribution >= 4 is 11.6 Å². The lowest BCUT2D eigenvalue weighted by molar-refractivity contribution is 0.162. The van der Waals surface area contributed by atoms with Gasteiger partial charge in [0.1, 0.15) is 11.9 Å². The summed E-state index contributed by atoms with van der Waals surface area (Å²) >= 11 is 5.73. The maximum Gasteiger partial charge on any atom is 0.120 e. The Morgan fingerprint density at radius 3 is 2.79 bits per heavy atom. The van der Waals surface area contributed by atoms with E-state index in [1.54, 1.807) is 12.1 Å². The molecule has 75 valence electrons. The van der Waals surface area contributed by atoms with Crippen LogP contribution in [0.5, 0.6) is 5.75 Å². The lowest BCUT2D eigenvalue weighted by atomic mass is 10.1. The molecular formula is C11H13ClNO. The summed E-state index contributed by atoms with van der Waals surface area (Å²) in [4.78, 5) is 0.